The van der Waals surface area contributed by atoms with Crippen LogP contribution in [0, 0.1) is 6.92 Å². The van der Waals surface area contributed by atoms with E-state index < -0.39 is 0 Å². The molecule has 0 atom stereocenters. The zero-order chi connectivity index (χ0) is 14.0. The van der Waals surface area contributed by atoms with Crippen molar-refractivity contribution in [1.82, 2.24) is 10.3 Å². The van der Waals surface area contributed by atoms with E-state index in [2.05, 4.69) is 31.1 Å². The van der Waals surface area contributed by atoms with Crippen molar-refractivity contribution in [2.75, 3.05) is 0 Å². The van der Waals surface area contributed by atoms with Crippen molar-refractivity contribution in [3.05, 3.63) is 40.9 Å². The zero-order valence-electron chi connectivity index (χ0n) is 11.7. The number of nitrogens with zero attached hydrogens (tertiary/aromatic N) is 1. The van der Waals surface area contributed by atoms with Crippen molar-refractivity contribution in [2.45, 2.75) is 39.8 Å². The van der Waals surface area contributed by atoms with Gasteiger partial charge in [0.1, 0.15) is 0 Å². The summed E-state index contributed by atoms with van der Waals surface area (Å²) in [7, 11) is 0. The molecule has 0 unspecified atom stereocenters. The van der Waals surface area contributed by atoms with E-state index >= 15 is 0 Å². The van der Waals surface area contributed by atoms with E-state index in [1.54, 1.807) is 6.20 Å². The van der Waals surface area contributed by atoms with Gasteiger partial charge in [-0.05, 0) is 39.3 Å². The first-order chi connectivity index (χ1) is 8.87. The molecule has 0 bridgehead atoms. The lowest BCUT2D eigenvalue weighted by molar-refractivity contribution is 0.383. The number of rotatable bonds is 3. The summed E-state index contributed by atoms with van der Waals surface area (Å²) in [6.07, 6.45) is 1.75. The molecule has 0 aliphatic rings. The van der Waals surface area contributed by atoms with Crippen LogP contribution in [0.25, 0.3) is 11.3 Å². The minimum atomic E-state index is 0.0423. The van der Waals surface area contributed by atoms with Gasteiger partial charge < -0.3 is 9.73 Å². The number of nitrogens with one attached hydrogen (secondary N) is 1. The van der Waals surface area contributed by atoms with E-state index in [1.807, 2.05) is 25.1 Å². The minimum Gasteiger partial charge on any atom is -0.439 e. The maximum absolute atomic E-state index is 6.12. The van der Waals surface area contributed by atoms with Gasteiger partial charge in [-0.2, -0.15) is 0 Å². The fraction of sp³-hybridized carbons (Fsp3) is 0.400. The van der Waals surface area contributed by atoms with Crippen LogP contribution in [0.2, 0.25) is 5.02 Å². The Morgan fingerprint density at radius 2 is 2.05 bits per heavy atom. The van der Waals surface area contributed by atoms with E-state index in [0.29, 0.717) is 12.4 Å². The van der Waals surface area contributed by atoms with Gasteiger partial charge in [-0.1, -0.05) is 23.7 Å². The smallest absolute Gasteiger partial charge is 0.208 e. The fourth-order valence-corrected chi connectivity index (χ4v) is 1.91. The third kappa shape index (κ3) is 3.58. The molecular formula is C15H19ClN2O. The molecule has 102 valence electrons. The van der Waals surface area contributed by atoms with E-state index in [0.717, 1.165) is 21.9 Å². The summed E-state index contributed by atoms with van der Waals surface area (Å²) in [6, 6.07) is 5.78. The quantitative estimate of drug-likeness (QED) is 0.915. The van der Waals surface area contributed by atoms with Crippen LogP contribution in [0.5, 0.6) is 0 Å². The van der Waals surface area contributed by atoms with Crippen LogP contribution >= 0.6 is 11.6 Å². The molecule has 2 rings (SSSR count). The Labute approximate surface area is 119 Å². The summed E-state index contributed by atoms with van der Waals surface area (Å²) in [6.45, 7) is 8.92. The molecule has 0 radical (unpaired) electrons. The first-order valence-electron chi connectivity index (χ1n) is 6.32. The van der Waals surface area contributed by atoms with Crippen molar-refractivity contribution in [3.63, 3.8) is 0 Å². The normalized spacial score (nSPS) is 11.8. The Balaban J connectivity index is 2.19. The van der Waals surface area contributed by atoms with Gasteiger partial charge in [-0.25, -0.2) is 4.98 Å². The number of aromatic nitrogens is 1. The van der Waals surface area contributed by atoms with Crippen molar-refractivity contribution < 1.29 is 4.42 Å². The van der Waals surface area contributed by atoms with Crippen LogP contribution in [0.1, 0.15) is 32.2 Å². The van der Waals surface area contributed by atoms with E-state index in [4.69, 9.17) is 16.0 Å². The van der Waals surface area contributed by atoms with Gasteiger partial charge in [0.25, 0.3) is 0 Å². The molecule has 2 aromatic rings. The largest absolute Gasteiger partial charge is 0.439 e. The molecule has 0 aliphatic heterocycles. The van der Waals surface area contributed by atoms with Gasteiger partial charge in [-0.15, -0.1) is 0 Å². The summed E-state index contributed by atoms with van der Waals surface area (Å²) in [5.41, 5.74) is 2.04. The molecule has 1 aromatic carbocycles. The maximum Gasteiger partial charge on any atom is 0.208 e. The Bertz CT molecular complexity index is 570. The summed E-state index contributed by atoms with van der Waals surface area (Å²) >= 11 is 6.12. The Morgan fingerprint density at radius 1 is 1.32 bits per heavy atom. The molecule has 19 heavy (non-hydrogen) atoms. The van der Waals surface area contributed by atoms with Crippen LogP contribution in [-0.2, 0) is 6.54 Å². The molecule has 0 saturated carbocycles. The predicted octanol–water partition coefficient (Wildman–Crippen LogP) is 4.19. The topological polar surface area (TPSA) is 38.1 Å². The summed E-state index contributed by atoms with van der Waals surface area (Å²) in [4.78, 5) is 4.29. The van der Waals surface area contributed by atoms with Crippen LogP contribution in [-0.4, -0.2) is 10.5 Å². The molecule has 1 aromatic heterocycles. The van der Waals surface area contributed by atoms with Crippen molar-refractivity contribution in [3.8, 4) is 11.3 Å². The minimum absolute atomic E-state index is 0.0423. The molecular weight excluding hydrogens is 260 g/mol. The molecule has 1 heterocycles. The average Bonchev–Trinajstić information content (AvgIpc) is 2.78. The van der Waals surface area contributed by atoms with Gasteiger partial charge in [0.05, 0.1) is 12.7 Å². The molecule has 0 spiro atoms. The van der Waals surface area contributed by atoms with Crippen LogP contribution in [0.4, 0.5) is 0 Å². The van der Waals surface area contributed by atoms with E-state index in [-0.39, 0.29) is 5.54 Å². The predicted molar refractivity (Wildman–Crippen MR) is 78.3 cm³/mol. The van der Waals surface area contributed by atoms with Gasteiger partial charge >= 0.3 is 0 Å². The average molecular weight is 279 g/mol. The third-order valence-corrected chi connectivity index (χ3v) is 3.27. The molecule has 4 heteroatoms. The number of hydrogen-bond donors (Lipinski definition) is 1. The van der Waals surface area contributed by atoms with E-state index in [1.165, 1.54) is 0 Å². The summed E-state index contributed by atoms with van der Waals surface area (Å²) in [5, 5.41) is 4.09. The lowest BCUT2D eigenvalue weighted by atomic mass is 10.1. The maximum atomic E-state index is 6.12. The zero-order valence-corrected chi connectivity index (χ0v) is 12.5. The number of halogens is 1. The van der Waals surface area contributed by atoms with Gasteiger partial charge in [-0.3, -0.25) is 0 Å². The Hall–Kier alpha value is -1.32. The lowest BCUT2D eigenvalue weighted by Crippen LogP contribution is -2.35. The second-order valence-electron chi connectivity index (χ2n) is 5.63. The van der Waals surface area contributed by atoms with Crippen LogP contribution in [0.15, 0.2) is 28.8 Å². The highest BCUT2D eigenvalue weighted by atomic mass is 35.5. The first-order valence-corrected chi connectivity index (χ1v) is 6.70. The molecule has 0 aliphatic carbocycles. The van der Waals surface area contributed by atoms with Gasteiger partial charge in [0, 0.05) is 16.1 Å². The first kappa shape index (κ1) is 14.1. The van der Waals surface area contributed by atoms with Crippen molar-refractivity contribution in [2.24, 2.45) is 0 Å². The summed E-state index contributed by atoms with van der Waals surface area (Å²) in [5.74, 6) is 1.44. The van der Waals surface area contributed by atoms with Crippen molar-refractivity contribution in [1.29, 1.82) is 0 Å². The highest BCUT2D eigenvalue weighted by Crippen LogP contribution is 2.28. The third-order valence-electron chi connectivity index (χ3n) is 2.86. The van der Waals surface area contributed by atoms with Crippen LogP contribution in [0.3, 0.4) is 0 Å². The molecule has 3 nitrogen and oxygen atoms in total. The van der Waals surface area contributed by atoms with Crippen molar-refractivity contribution >= 4 is 11.6 Å². The molecule has 0 fully saturated rings. The number of hydrogen-bond acceptors (Lipinski definition) is 3. The van der Waals surface area contributed by atoms with Crippen LogP contribution < -0.4 is 5.32 Å². The molecule has 0 amide bonds. The molecule has 0 saturated heterocycles. The number of benzene rings is 1. The van der Waals surface area contributed by atoms with E-state index in [9.17, 15) is 0 Å². The standard InChI is InChI=1S/C15H19ClN2O/c1-10-11(6-5-7-12(10)16)13-8-17-14(19-13)9-18-15(2,3)4/h5-8,18H,9H2,1-4H3. The second kappa shape index (κ2) is 5.35. The molecule has 1 N–H and O–H groups in total. The lowest BCUT2D eigenvalue weighted by Gasteiger charge is -2.18. The summed E-state index contributed by atoms with van der Waals surface area (Å²) < 4.78 is 5.77. The van der Waals surface area contributed by atoms with Gasteiger partial charge in [0.2, 0.25) is 5.89 Å². The highest BCUT2D eigenvalue weighted by Gasteiger charge is 2.13. The monoisotopic (exact) mass is 278 g/mol. The van der Waals surface area contributed by atoms with Gasteiger partial charge in [0.15, 0.2) is 5.76 Å². The highest BCUT2D eigenvalue weighted by molar-refractivity contribution is 6.31. The number of oxazole rings is 1. The second-order valence-corrected chi connectivity index (χ2v) is 6.04. The Kier molecular flexibility index (Phi) is 3.97. The Morgan fingerprint density at radius 3 is 2.74 bits per heavy atom. The SMILES string of the molecule is Cc1c(Cl)cccc1-c1cnc(CNC(C)(C)C)o1. The fourth-order valence-electron chi connectivity index (χ4n) is 1.73.